The van der Waals surface area contributed by atoms with Crippen LogP contribution in [0.4, 0.5) is 13.2 Å². The van der Waals surface area contributed by atoms with Crippen molar-refractivity contribution in [2.45, 2.75) is 13.0 Å². The van der Waals surface area contributed by atoms with Crippen molar-refractivity contribution in [2.24, 2.45) is 4.99 Å². The van der Waals surface area contributed by atoms with Crippen molar-refractivity contribution >= 4 is 11.9 Å². The first-order chi connectivity index (χ1) is 13.8. The molecule has 156 valence electrons. The summed E-state index contributed by atoms with van der Waals surface area (Å²) in [6.07, 6.45) is 0.731. The minimum atomic E-state index is -1.50. The van der Waals surface area contributed by atoms with Crippen LogP contribution in [-0.4, -0.2) is 55.9 Å². The molecule has 2 aromatic rings. The van der Waals surface area contributed by atoms with E-state index in [0.717, 1.165) is 24.1 Å². The molecule has 0 fully saturated rings. The van der Waals surface area contributed by atoms with E-state index in [1.165, 1.54) is 4.90 Å². The van der Waals surface area contributed by atoms with Crippen molar-refractivity contribution < 1.29 is 18.0 Å². The highest BCUT2D eigenvalue weighted by atomic mass is 19.2. The molecule has 0 radical (unpaired) electrons. The molecule has 1 amide bonds. The Morgan fingerprint density at radius 3 is 2.21 bits per heavy atom. The predicted octanol–water partition coefficient (Wildman–Crippen LogP) is 2.81. The molecule has 0 aliphatic rings. The Balaban J connectivity index is 2.10. The van der Waals surface area contributed by atoms with Gasteiger partial charge >= 0.3 is 0 Å². The number of hydrogen-bond donors (Lipinski definition) is 1. The number of hydrogen-bond acceptors (Lipinski definition) is 2. The molecule has 29 heavy (non-hydrogen) atoms. The van der Waals surface area contributed by atoms with Crippen molar-refractivity contribution in [1.29, 1.82) is 0 Å². The van der Waals surface area contributed by atoms with Gasteiger partial charge in [-0.05, 0) is 29.7 Å². The van der Waals surface area contributed by atoms with Gasteiger partial charge in [0, 0.05) is 34.2 Å². The van der Waals surface area contributed by atoms with E-state index in [4.69, 9.17) is 0 Å². The minimum absolute atomic E-state index is 0.0723. The second kappa shape index (κ2) is 10.5. The summed E-state index contributed by atoms with van der Waals surface area (Å²) in [6.45, 7) is 0.564. The molecule has 1 N–H and O–H groups in total. The van der Waals surface area contributed by atoms with E-state index in [1.807, 2.05) is 30.3 Å². The number of nitrogens with zero attached hydrogens (tertiary/aromatic N) is 3. The van der Waals surface area contributed by atoms with Gasteiger partial charge in [-0.2, -0.15) is 0 Å². The Morgan fingerprint density at radius 1 is 1.00 bits per heavy atom. The van der Waals surface area contributed by atoms with Gasteiger partial charge in [0.15, 0.2) is 23.4 Å². The summed E-state index contributed by atoms with van der Waals surface area (Å²) in [6, 6.07) is 11.7. The quantitative estimate of drug-likeness (QED) is 0.437. The second-order valence-corrected chi connectivity index (χ2v) is 6.82. The van der Waals surface area contributed by atoms with Crippen LogP contribution in [0.2, 0.25) is 0 Å². The zero-order chi connectivity index (χ0) is 21.4. The third-order valence-electron chi connectivity index (χ3n) is 4.23. The highest BCUT2D eigenvalue weighted by molar-refractivity contribution is 5.84. The van der Waals surface area contributed by atoms with Crippen molar-refractivity contribution in [2.75, 3.05) is 34.2 Å². The lowest BCUT2D eigenvalue weighted by molar-refractivity contribution is -0.127. The Bertz CT molecular complexity index is 833. The summed E-state index contributed by atoms with van der Waals surface area (Å²) in [7, 11) is 4.94. The van der Waals surface area contributed by atoms with Gasteiger partial charge in [-0.1, -0.05) is 30.3 Å². The molecule has 0 bridgehead atoms. The van der Waals surface area contributed by atoms with Gasteiger partial charge < -0.3 is 15.1 Å². The van der Waals surface area contributed by atoms with Gasteiger partial charge in [0.25, 0.3) is 0 Å². The fourth-order valence-corrected chi connectivity index (χ4v) is 2.61. The molecule has 2 aromatic carbocycles. The van der Waals surface area contributed by atoms with E-state index in [-0.39, 0.29) is 24.6 Å². The van der Waals surface area contributed by atoms with Gasteiger partial charge in [0.2, 0.25) is 5.91 Å². The largest absolute Gasteiger partial charge is 0.356 e. The minimum Gasteiger partial charge on any atom is -0.356 e. The molecule has 0 heterocycles. The van der Waals surface area contributed by atoms with Crippen LogP contribution >= 0.6 is 0 Å². The van der Waals surface area contributed by atoms with Crippen LogP contribution in [0.1, 0.15) is 11.1 Å². The highest BCUT2D eigenvalue weighted by Gasteiger charge is 2.14. The van der Waals surface area contributed by atoms with Crippen LogP contribution in [-0.2, 0) is 17.8 Å². The summed E-state index contributed by atoms with van der Waals surface area (Å²) in [5.41, 5.74) is 1.38. The number of likely N-dealkylation sites (N-methyl/N-ethyl adjacent to an activating group) is 1. The molecule has 0 saturated heterocycles. The molecule has 0 spiro atoms. The number of benzene rings is 2. The van der Waals surface area contributed by atoms with Crippen molar-refractivity contribution in [1.82, 2.24) is 15.1 Å². The number of guanidine groups is 1. The van der Waals surface area contributed by atoms with Crippen molar-refractivity contribution in [3.8, 4) is 0 Å². The molecule has 0 atom stereocenters. The average molecular weight is 406 g/mol. The number of nitrogens with one attached hydrogen (secondary N) is 1. The fourth-order valence-electron chi connectivity index (χ4n) is 2.61. The van der Waals surface area contributed by atoms with Crippen LogP contribution < -0.4 is 5.32 Å². The number of halogens is 3. The number of carbonyl (C=O) groups excluding carboxylic acids is 1. The molecular weight excluding hydrogens is 381 g/mol. The maximum atomic E-state index is 13.5. The molecule has 0 aromatic heterocycles. The van der Waals surface area contributed by atoms with Crippen LogP contribution in [0.25, 0.3) is 0 Å². The maximum absolute atomic E-state index is 13.5. The summed E-state index contributed by atoms with van der Waals surface area (Å²) in [5.74, 6) is -3.76. The van der Waals surface area contributed by atoms with E-state index in [0.29, 0.717) is 12.5 Å². The monoisotopic (exact) mass is 406 g/mol. The maximum Gasteiger partial charge on any atom is 0.243 e. The lowest BCUT2D eigenvalue weighted by atomic mass is 10.1. The summed E-state index contributed by atoms with van der Waals surface area (Å²) in [4.78, 5) is 19.2. The van der Waals surface area contributed by atoms with Gasteiger partial charge in [-0.15, -0.1) is 0 Å². The van der Waals surface area contributed by atoms with E-state index in [2.05, 4.69) is 10.3 Å². The van der Waals surface area contributed by atoms with Gasteiger partial charge in [0.05, 0.1) is 0 Å². The van der Waals surface area contributed by atoms with E-state index in [1.54, 1.807) is 26.0 Å². The van der Waals surface area contributed by atoms with Crippen molar-refractivity contribution in [3.05, 3.63) is 71.0 Å². The number of amides is 1. The van der Waals surface area contributed by atoms with E-state index >= 15 is 0 Å². The SMILES string of the molecule is CN(C)C(=O)CN=C(NCCc1ccccc1)N(C)Cc1cc(F)c(F)c(F)c1. The summed E-state index contributed by atoms with van der Waals surface area (Å²) >= 11 is 0. The summed E-state index contributed by atoms with van der Waals surface area (Å²) in [5, 5.41) is 3.17. The standard InChI is InChI=1S/C21H25F3N4O/c1-27(2)19(29)13-26-21(25-10-9-15-7-5-4-6-8-15)28(3)14-16-11-17(22)20(24)18(23)12-16/h4-8,11-12H,9-10,13-14H2,1-3H3,(H,25,26). The van der Waals surface area contributed by atoms with E-state index < -0.39 is 17.5 Å². The molecular formula is C21H25F3N4O. The highest BCUT2D eigenvalue weighted by Crippen LogP contribution is 2.15. The molecule has 0 unspecified atom stereocenters. The first kappa shape index (κ1) is 22.3. The van der Waals surface area contributed by atoms with Crippen LogP contribution in [0.5, 0.6) is 0 Å². The zero-order valence-electron chi connectivity index (χ0n) is 16.8. The molecule has 8 heteroatoms. The Hall–Kier alpha value is -3.03. The molecule has 0 aliphatic heterocycles. The lowest BCUT2D eigenvalue weighted by Crippen LogP contribution is -2.40. The zero-order valence-corrected chi connectivity index (χ0v) is 16.8. The number of carbonyl (C=O) groups is 1. The molecule has 5 nitrogen and oxygen atoms in total. The average Bonchev–Trinajstić information content (AvgIpc) is 2.68. The Morgan fingerprint density at radius 2 is 1.62 bits per heavy atom. The Labute approximate surface area is 168 Å². The first-order valence-electron chi connectivity index (χ1n) is 9.15. The van der Waals surface area contributed by atoms with Gasteiger partial charge in [-0.25, -0.2) is 18.2 Å². The number of rotatable bonds is 7. The summed E-state index contributed by atoms with van der Waals surface area (Å²) < 4.78 is 40.2. The fraction of sp³-hybridized carbons (Fsp3) is 0.333. The lowest BCUT2D eigenvalue weighted by Gasteiger charge is -2.23. The second-order valence-electron chi connectivity index (χ2n) is 6.82. The van der Waals surface area contributed by atoms with E-state index in [9.17, 15) is 18.0 Å². The van der Waals surface area contributed by atoms with Gasteiger partial charge in [0.1, 0.15) is 6.54 Å². The molecule has 0 aliphatic carbocycles. The first-order valence-corrected chi connectivity index (χ1v) is 9.15. The smallest absolute Gasteiger partial charge is 0.243 e. The van der Waals surface area contributed by atoms with Crippen molar-refractivity contribution in [3.63, 3.8) is 0 Å². The Kier molecular flexibility index (Phi) is 8.06. The van der Waals surface area contributed by atoms with Gasteiger partial charge in [-0.3, -0.25) is 4.79 Å². The third-order valence-corrected chi connectivity index (χ3v) is 4.23. The topological polar surface area (TPSA) is 47.9 Å². The molecule has 2 rings (SSSR count). The number of aliphatic imine (C=N–C) groups is 1. The predicted molar refractivity (Wildman–Crippen MR) is 107 cm³/mol. The van der Waals surface area contributed by atoms with Crippen LogP contribution in [0.3, 0.4) is 0 Å². The van der Waals surface area contributed by atoms with Crippen LogP contribution in [0.15, 0.2) is 47.5 Å². The third kappa shape index (κ3) is 6.81. The van der Waals surface area contributed by atoms with Crippen LogP contribution in [0, 0.1) is 17.5 Å². The normalized spacial score (nSPS) is 11.3. The molecule has 0 saturated carbocycles.